The van der Waals surface area contributed by atoms with Crippen molar-refractivity contribution in [2.75, 3.05) is 13.1 Å². The third kappa shape index (κ3) is 2.68. The van der Waals surface area contributed by atoms with E-state index in [2.05, 4.69) is 35.2 Å². The Morgan fingerprint density at radius 3 is 2.87 bits per heavy atom. The monoisotopic (exact) mass is 198 g/mol. The maximum absolute atomic E-state index is 8.56. The molecule has 0 saturated carbocycles. The standard InChI is InChI=1S/C13H14N2/c14-8-6-13-7-9-15(11-13)10-12-4-2-1-3-5-12/h1-6H,7,9-11H2. The Bertz CT molecular complexity index is 387. The molecule has 1 heterocycles. The van der Waals surface area contributed by atoms with Crippen LogP contribution in [-0.2, 0) is 6.54 Å². The number of likely N-dealkylation sites (tertiary alicyclic amines) is 1. The molecule has 0 aliphatic carbocycles. The minimum atomic E-state index is 0.947. The Morgan fingerprint density at radius 1 is 1.33 bits per heavy atom. The molecule has 0 spiro atoms. The zero-order chi connectivity index (χ0) is 10.5. The van der Waals surface area contributed by atoms with Crippen molar-refractivity contribution in [3.8, 4) is 6.07 Å². The highest BCUT2D eigenvalue weighted by Crippen LogP contribution is 2.17. The summed E-state index contributed by atoms with van der Waals surface area (Å²) < 4.78 is 0. The summed E-state index contributed by atoms with van der Waals surface area (Å²) in [6.45, 7) is 3.01. The predicted molar refractivity (Wildman–Crippen MR) is 60.0 cm³/mol. The molecule has 1 aromatic carbocycles. The van der Waals surface area contributed by atoms with Crippen LogP contribution >= 0.6 is 0 Å². The minimum Gasteiger partial charge on any atom is -0.295 e. The van der Waals surface area contributed by atoms with Crippen molar-refractivity contribution < 1.29 is 0 Å². The molecule has 2 rings (SSSR count). The largest absolute Gasteiger partial charge is 0.295 e. The van der Waals surface area contributed by atoms with E-state index in [9.17, 15) is 0 Å². The lowest BCUT2D eigenvalue weighted by atomic mass is 10.2. The van der Waals surface area contributed by atoms with E-state index < -0.39 is 0 Å². The van der Waals surface area contributed by atoms with Crippen molar-refractivity contribution >= 4 is 0 Å². The third-order valence-electron chi connectivity index (χ3n) is 2.69. The second-order valence-corrected chi connectivity index (χ2v) is 3.88. The highest BCUT2D eigenvalue weighted by Gasteiger charge is 2.15. The molecule has 0 atom stereocenters. The van der Waals surface area contributed by atoms with E-state index in [4.69, 9.17) is 5.26 Å². The molecule has 0 amide bonds. The molecular weight excluding hydrogens is 184 g/mol. The van der Waals surface area contributed by atoms with E-state index in [1.807, 2.05) is 6.07 Å². The zero-order valence-corrected chi connectivity index (χ0v) is 8.69. The number of rotatable bonds is 2. The van der Waals surface area contributed by atoms with Crippen LogP contribution in [0.1, 0.15) is 12.0 Å². The van der Waals surface area contributed by atoms with Gasteiger partial charge in [0.2, 0.25) is 0 Å². The van der Waals surface area contributed by atoms with E-state index in [0.717, 1.165) is 26.1 Å². The zero-order valence-electron chi connectivity index (χ0n) is 8.69. The quantitative estimate of drug-likeness (QED) is 0.682. The van der Waals surface area contributed by atoms with Gasteiger partial charge in [0, 0.05) is 25.7 Å². The summed E-state index contributed by atoms with van der Waals surface area (Å²) in [5.74, 6) is 0. The molecule has 0 aromatic heterocycles. The van der Waals surface area contributed by atoms with Gasteiger partial charge in [-0.05, 0) is 17.6 Å². The van der Waals surface area contributed by atoms with Gasteiger partial charge in [0.1, 0.15) is 0 Å². The smallest absolute Gasteiger partial charge is 0.0912 e. The van der Waals surface area contributed by atoms with Crippen LogP contribution in [0.15, 0.2) is 42.0 Å². The van der Waals surface area contributed by atoms with Crippen LogP contribution in [0, 0.1) is 11.3 Å². The first-order chi connectivity index (χ1) is 7.38. The number of benzene rings is 1. The van der Waals surface area contributed by atoms with Crippen molar-refractivity contribution in [1.82, 2.24) is 4.90 Å². The molecule has 1 aliphatic heterocycles. The van der Waals surface area contributed by atoms with Crippen molar-refractivity contribution in [1.29, 1.82) is 5.26 Å². The Kier molecular flexibility index (Phi) is 3.16. The van der Waals surface area contributed by atoms with Crippen LogP contribution < -0.4 is 0 Å². The van der Waals surface area contributed by atoms with Gasteiger partial charge in [0.05, 0.1) is 6.07 Å². The summed E-state index contributed by atoms with van der Waals surface area (Å²) in [5, 5.41) is 8.56. The number of nitrogens with zero attached hydrogens (tertiary/aromatic N) is 2. The number of hydrogen-bond donors (Lipinski definition) is 0. The van der Waals surface area contributed by atoms with Crippen LogP contribution in [0.5, 0.6) is 0 Å². The van der Waals surface area contributed by atoms with Crippen molar-refractivity contribution in [2.24, 2.45) is 0 Å². The average molecular weight is 198 g/mol. The summed E-state index contributed by atoms with van der Waals surface area (Å²) >= 11 is 0. The van der Waals surface area contributed by atoms with Crippen LogP contribution in [0.2, 0.25) is 0 Å². The average Bonchev–Trinajstić information content (AvgIpc) is 2.68. The molecule has 0 radical (unpaired) electrons. The first-order valence-electron chi connectivity index (χ1n) is 5.22. The lowest BCUT2D eigenvalue weighted by Gasteiger charge is -2.13. The van der Waals surface area contributed by atoms with Crippen molar-refractivity contribution in [3.63, 3.8) is 0 Å². The second-order valence-electron chi connectivity index (χ2n) is 3.88. The minimum absolute atomic E-state index is 0.947. The van der Waals surface area contributed by atoms with Crippen LogP contribution in [0.4, 0.5) is 0 Å². The van der Waals surface area contributed by atoms with Gasteiger partial charge >= 0.3 is 0 Å². The fourth-order valence-electron chi connectivity index (χ4n) is 1.93. The topological polar surface area (TPSA) is 27.0 Å². The Hall–Kier alpha value is -1.59. The molecule has 0 unspecified atom stereocenters. The highest BCUT2D eigenvalue weighted by molar-refractivity contribution is 5.20. The van der Waals surface area contributed by atoms with Crippen LogP contribution in [0.25, 0.3) is 0 Å². The first-order valence-corrected chi connectivity index (χ1v) is 5.22. The van der Waals surface area contributed by atoms with E-state index in [1.54, 1.807) is 6.08 Å². The highest BCUT2D eigenvalue weighted by atomic mass is 15.1. The predicted octanol–water partition coefficient (Wildman–Crippen LogP) is 2.34. The maximum atomic E-state index is 8.56. The molecule has 1 aromatic rings. The summed E-state index contributed by atoms with van der Waals surface area (Å²) in [6.07, 6.45) is 2.73. The van der Waals surface area contributed by atoms with Gasteiger partial charge in [-0.2, -0.15) is 5.26 Å². The SMILES string of the molecule is N#CC=C1CCN(Cc2ccccc2)C1. The maximum Gasteiger partial charge on any atom is 0.0912 e. The molecule has 76 valence electrons. The molecule has 2 heteroatoms. The molecular formula is C13H14N2. The van der Waals surface area contributed by atoms with Crippen LogP contribution in [-0.4, -0.2) is 18.0 Å². The fourth-order valence-corrected chi connectivity index (χ4v) is 1.93. The van der Waals surface area contributed by atoms with Gasteiger partial charge in [0.15, 0.2) is 0 Å². The Balaban J connectivity index is 1.94. The van der Waals surface area contributed by atoms with Crippen molar-refractivity contribution in [3.05, 3.63) is 47.5 Å². The van der Waals surface area contributed by atoms with E-state index >= 15 is 0 Å². The fraction of sp³-hybridized carbons (Fsp3) is 0.308. The van der Waals surface area contributed by atoms with E-state index in [0.29, 0.717) is 0 Å². The lowest BCUT2D eigenvalue weighted by molar-refractivity contribution is 0.337. The van der Waals surface area contributed by atoms with Crippen LogP contribution in [0.3, 0.4) is 0 Å². The first kappa shape index (κ1) is 9.95. The molecule has 1 aliphatic rings. The molecule has 1 fully saturated rings. The van der Waals surface area contributed by atoms with Gasteiger partial charge in [-0.25, -0.2) is 0 Å². The van der Waals surface area contributed by atoms with Gasteiger partial charge in [0.25, 0.3) is 0 Å². The molecule has 2 nitrogen and oxygen atoms in total. The number of allylic oxidation sites excluding steroid dienone is 1. The summed E-state index contributed by atoms with van der Waals surface area (Å²) in [6, 6.07) is 12.6. The Morgan fingerprint density at radius 2 is 2.13 bits per heavy atom. The van der Waals surface area contributed by atoms with E-state index in [-0.39, 0.29) is 0 Å². The summed E-state index contributed by atoms with van der Waals surface area (Å²) in [4.78, 5) is 2.37. The summed E-state index contributed by atoms with van der Waals surface area (Å²) in [7, 11) is 0. The lowest BCUT2D eigenvalue weighted by Crippen LogP contribution is -2.18. The van der Waals surface area contributed by atoms with Gasteiger partial charge in [-0.3, -0.25) is 4.90 Å². The van der Waals surface area contributed by atoms with Gasteiger partial charge in [-0.15, -0.1) is 0 Å². The Labute approximate surface area is 90.4 Å². The van der Waals surface area contributed by atoms with Gasteiger partial charge in [-0.1, -0.05) is 30.3 Å². The van der Waals surface area contributed by atoms with Gasteiger partial charge < -0.3 is 0 Å². The third-order valence-corrected chi connectivity index (χ3v) is 2.69. The number of hydrogen-bond acceptors (Lipinski definition) is 2. The molecule has 0 N–H and O–H groups in total. The molecule has 0 bridgehead atoms. The summed E-state index contributed by atoms with van der Waals surface area (Å²) in [5.41, 5.74) is 2.60. The van der Waals surface area contributed by atoms with Crippen molar-refractivity contribution in [2.45, 2.75) is 13.0 Å². The molecule has 15 heavy (non-hydrogen) atoms. The normalized spacial score (nSPS) is 19.3. The molecule has 1 saturated heterocycles. The second kappa shape index (κ2) is 4.77. The van der Waals surface area contributed by atoms with E-state index in [1.165, 1.54) is 11.1 Å². The number of nitriles is 1.